The number of carbonyl (C=O) groups is 8. The first kappa shape index (κ1) is 47.6. The molecular weight excluding hydrogens is 821 g/mol. The van der Waals surface area contributed by atoms with E-state index in [2.05, 4.69) is 21.3 Å². The molecule has 19 heteroatoms. The van der Waals surface area contributed by atoms with Crippen LogP contribution in [0.2, 0.25) is 0 Å². The third-order valence-electron chi connectivity index (χ3n) is 11.2. The molecule has 7 atom stereocenters. The molecule has 4 aliphatic rings. The number of hydrogen-bond acceptors (Lipinski definition) is 14. The Morgan fingerprint density at radius 2 is 1.78 bits per heavy atom. The minimum absolute atomic E-state index is 0.0204. The molecule has 19 nitrogen and oxygen atoms in total. The van der Waals surface area contributed by atoms with Crippen LogP contribution < -0.4 is 27.0 Å². The molecule has 2 bridgehead atoms. The van der Waals surface area contributed by atoms with Crippen LogP contribution in [0, 0.1) is 11.8 Å². The van der Waals surface area contributed by atoms with E-state index in [1.54, 1.807) is 44.2 Å². The molecule has 1 aromatic rings. The van der Waals surface area contributed by atoms with Crippen molar-refractivity contribution in [1.82, 2.24) is 20.9 Å². The lowest BCUT2D eigenvalue weighted by molar-refractivity contribution is -0.137. The van der Waals surface area contributed by atoms with Crippen LogP contribution in [0.5, 0.6) is 0 Å². The summed E-state index contributed by atoms with van der Waals surface area (Å²) in [6.45, 7) is 6.42. The molecule has 1 aromatic carbocycles. The molecule has 1 fully saturated rings. The number of allylic oxidation sites excluding steroid dienone is 4. The fourth-order valence-corrected chi connectivity index (χ4v) is 7.95. The third-order valence-corrected chi connectivity index (χ3v) is 11.2. The van der Waals surface area contributed by atoms with Gasteiger partial charge in [-0.1, -0.05) is 44.2 Å². The Balaban J connectivity index is 1.32. The van der Waals surface area contributed by atoms with E-state index < -0.39 is 83.8 Å². The molecule has 0 spiro atoms. The molecule has 5 rings (SSSR count). The molecule has 1 aliphatic carbocycles. The number of carbonyl (C=O) groups excluding carboxylic acids is 8. The summed E-state index contributed by atoms with van der Waals surface area (Å²) >= 11 is 0. The summed E-state index contributed by atoms with van der Waals surface area (Å²) in [7, 11) is 2.84. The first-order valence-corrected chi connectivity index (χ1v) is 20.5. The molecule has 6 amide bonds. The number of imide groups is 1. The number of fused-ring (bicyclic) bond motifs is 3. The van der Waals surface area contributed by atoms with Crippen LogP contribution in [-0.4, -0.2) is 115 Å². The van der Waals surface area contributed by atoms with Crippen molar-refractivity contribution in [3.63, 3.8) is 0 Å². The number of piperidine rings is 1. The maximum atomic E-state index is 14.1. The van der Waals surface area contributed by atoms with E-state index in [0.717, 1.165) is 6.08 Å². The van der Waals surface area contributed by atoms with Gasteiger partial charge in [0, 0.05) is 73.7 Å². The number of nitrogens with two attached hydrogens (primary N) is 1. The Labute approximate surface area is 364 Å². The van der Waals surface area contributed by atoms with Crippen LogP contribution in [-0.2, 0) is 49.5 Å². The van der Waals surface area contributed by atoms with E-state index in [9.17, 15) is 43.5 Å². The number of aliphatic hydroxyl groups excluding tert-OH is 1. The van der Waals surface area contributed by atoms with Crippen molar-refractivity contribution in [1.29, 1.82) is 0 Å². The Kier molecular flexibility index (Phi) is 15.9. The fourth-order valence-electron chi connectivity index (χ4n) is 7.95. The number of anilines is 1. The van der Waals surface area contributed by atoms with E-state index in [1.807, 2.05) is 6.92 Å². The smallest absolute Gasteiger partial charge is 0.411 e. The first-order chi connectivity index (χ1) is 29.9. The molecule has 1 saturated heterocycles. The summed E-state index contributed by atoms with van der Waals surface area (Å²) < 4.78 is 22.1. The number of hydrogen-bond donors (Lipinski definition) is 6. The van der Waals surface area contributed by atoms with Gasteiger partial charge in [-0.2, -0.15) is 0 Å². The highest BCUT2D eigenvalue weighted by Crippen LogP contribution is 2.33. The van der Waals surface area contributed by atoms with E-state index in [0.29, 0.717) is 16.7 Å². The number of benzene rings is 1. The van der Waals surface area contributed by atoms with Crippen LogP contribution in [0.4, 0.5) is 15.3 Å². The molecule has 3 aliphatic heterocycles. The Morgan fingerprint density at radius 3 is 2.46 bits per heavy atom. The predicted molar refractivity (Wildman–Crippen MR) is 225 cm³/mol. The van der Waals surface area contributed by atoms with Crippen LogP contribution in [0.3, 0.4) is 0 Å². The van der Waals surface area contributed by atoms with Gasteiger partial charge in [-0.3, -0.25) is 39.4 Å². The van der Waals surface area contributed by atoms with Crippen molar-refractivity contribution in [3.8, 4) is 0 Å². The maximum Gasteiger partial charge on any atom is 0.411 e. The number of Topliss-reactive ketones (excluding diaryl/α,β-unsaturated/α-hetero) is 1. The standard InChI is InChI=1S/C44H54N6O13/c1-22-17-27-36(46-15-16-62-44(59)48-29-11-8-10-26-28(29)21-50(42(26)57)31-13-14-35(52)49-41(31)56)32(51)20-30(38(27)54)47-40(55)23(2)9-7-12-33(60-5)39(63-43(45)58)25(4)19-24(3)37(53)34(18-22)61-6/h7-12,19-20,22,24,31,33-34,37,39,46,53H,13-18,21H2,1-6H3,(H2,45,58)(H,47,55)(H,48,59)(H,49,52,56)/b12-7-,23-9+,25-19+/t22-,24+,31?,33+,34+,37+,39+/m1/s1. The lowest BCUT2D eigenvalue weighted by Gasteiger charge is -2.30. The largest absolute Gasteiger partial charge is 0.447 e. The summed E-state index contributed by atoms with van der Waals surface area (Å²) in [6, 6.07) is 3.89. The van der Waals surface area contributed by atoms with Crippen molar-refractivity contribution in [2.24, 2.45) is 17.6 Å². The summed E-state index contributed by atoms with van der Waals surface area (Å²) in [5.74, 6) is -4.20. The number of methoxy groups -OCH3 is 2. The summed E-state index contributed by atoms with van der Waals surface area (Å²) in [4.78, 5) is 105. The molecule has 0 aromatic heterocycles. The van der Waals surface area contributed by atoms with Gasteiger partial charge in [0.05, 0.1) is 23.6 Å². The van der Waals surface area contributed by atoms with Crippen molar-refractivity contribution < 1.29 is 62.4 Å². The fraction of sp³-hybridized carbons (Fsp3) is 0.455. The number of primary amides is 1. The number of amides is 6. The summed E-state index contributed by atoms with van der Waals surface area (Å²) in [5.41, 5.74) is 6.88. The van der Waals surface area contributed by atoms with E-state index in [4.69, 9.17) is 24.7 Å². The number of ketones is 2. The second-order valence-corrected chi connectivity index (χ2v) is 15.9. The maximum absolute atomic E-state index is 14.1. The van der Waals surface area contributed by atoms with Gasteiger partial charge in [0.25, 0.3) is 11.8 Å². The lowest BCUT2D eigenvalue weighted by Crippen LogP contribution is -2.52. The van der Waals surface area contributed by atoms with Crippen molar-refractivity contribution in [3.05, 3.63) is 87.8 Å². The topological polar surface area (TPSA) is 271 Å². The van der Waals surface area contributed by atoms with E-state index in [-0.39, 0.29) is 79.5 Å². The Morgan fingerprint density at radius 1 is 1.03 bits per heavy atom. The predicted octanol–water partition coefficient (Wildman–Crippen LogP) is 2.36. The first-order valence-electron chi connectivity index (χ1n) is 20.5. The normalized spacial score (nSPS) is 28.4. The minimum Gasteiger partial charge on any atom is -0.447 e. The average Bonchev–Trinajstić information content (AvgIpc) is 3.57. The zero-order chi connectivity index (χ0) is 46.1. The minimum atomic E-state index is -1.07. The van der Waals surface area contributed by atoms with E-state index in [1.165, 1.54) is 38.2 Å². The molecule has 3 heterocycles. The zero-order valence-corrected chi connectivity index (χ0v) is 36.0. The second kappa shape index (κ2) is 21.1. The summed E-state index contributed by atoms with van der Waals surface area (Å²) in [5, 5.41) is 21.8. The van der Waals surface area contributed by atoms with Gasteiger partial charge >= 0.3 is 12.2 Å². The van der Waals surface area contributed by atoms with Crippen molar-refractivity contribution in [2.75, 3.05) is 32.7 Å². The molecular formula is C44H54N6O13. The number of aliphatic hydroxyl groups is 1. The molecule has 63 heavy (non-hydrogen) atoms. The highest BCUT2D eigenvalue weighted by Gasteiger charge is 2.40. The number of rotatable bonds is 9. The number of ether oxygens (including phenoxy) is 4. The van der Waals surface area contributed by atoms with Crippen molar-refractivity contribution >= 4 is 53.1 Å². The quantitative estimate of drug-likeness (QED) is 0.0901. The molecule has 0 saturated carbocycles. The second-order valence-electron chi connectivity index (χ2n) is 15.9. The zero-order valence-electron chi connectivity index (χ0n) is 36.0. The molecule has 0 radical (unpaired) electrons. The van der Waals surface area contributed by atoms with Crippen LogP contribution in [0.25, 0.3) is 0 Å². The SMILES string of the molecule is CO[C@H]1/C=C\C=C(/C)C(=O)NC2=CC(=O)C(NCCOC(=O)Nc3cccc4c3CN(C3CCC(=O)NC3=O)C4=O)=C(C[C@@H](C)C[C@H](OC)[C@@H](O)[C@@H](C)/C=C(\C)[C@@H]1OC(N)=O)C2=O. The monoisotopic (exact) mass is 874 g/mol. The highest BCUT2D eigenvalue weighted by atomic mass is 16.6. The van der Waals surface area contributed by atoms with Gasteiger partial charge in [0.1, 0.15) is 18.8 Å². The van der Waals surface area contributed by atoms with Crippen molar-refractivity contribution in [2.45, 2.75) is 90.4 Å². The molecule has 338 valence electrons. The Bertz CT molecular complexity index is 2190. The molecule has 7 N–H and O–H groups in total. The number of nitrogens with zero attached hydrogens (tertiary/aromatic N) is 1. The van der Waals surface area contributed by atoms with Crippen LogP contribution >= 0.6 is 0 Å². The van der Waals surface area contributed by atoms with Crippen LogP contribution in [0.1, 0.15) is 69.3 Å². The number of nitrogens with one attached hydrogen (secondary N) is 4. The van der Waals surface area contributed by atoms with Gasteiger partial charge in [-0.25, -0.2) is 9.59 Å². The van der Waals surface area contributed by atoms with Gasteiger partial charge in [0.2, 0.25) is 23.4 Å². The van der Waals surface area contributed by atoms with Gasteiger partial charge in [-0.15, -0.1) is 0 Å². The van der Waals surface area contributed by atoms with Crippen LogP contribution in [0.15, 0.2) is 76.7 Å². The van der Waals surface area contributed by atoms with E-state index >= 15 is 0 Å². The lowest BCUT2D eigenvalue weighted by atomic mass is 9.85. The third kappa shape index (κ3) is 11.5. The molecule has 1 unspecified atom stereocenters. The summed E-state index contributed by atoms with van der Waals surface area (Å²) in [6.07, 6.45) is 2.18. The average molecular weight is 875 g/mol. The highest BCUT2D eigenvalue weighted by molar-refractivity contribution is 6.23. The van der Waals surface area contributed by atoms with Gasteiger partial charge in [-0.05, 0) is 56.7 Å². The van der Waals surface area contributed by atoms with Gasteiger partial charge in [0.15, 0.2) is 6.10 Å². The van der Waals surface area contributed by atoms with Gasteiger partial charge < -0.3 is 45.3 Å². The Hall–Kier alpha value is -6.44.